The Balaban J connectivity index is 1.64. The minimum Gasteiger partial charge on any atom is -0.353 e. The zero-order valence-electron chi connectivity index (χ0n) is 15.9. The van der Waals surface area contributed by atoms with Crippen molar-refractivity contribution in [2.45, 2.75) is 49.5 Å². The lowest BCUT2D eigenvalue weighted by Gasteiger charge is -2.23. The van der Waals surface area contributed by atoms with Crippen LogP contribution in [-0.4, -0.2) is 27.4 Å². The van der Waals surface area contributed by atoms with Crippen molar-refractivity contribution in [3.8, 4) is 0 Å². The molecule has 28 heavy (non-hydrogen) atoms. The van der Waals surface area contributed by atoms with Crippen LogP contribution in [0.4, 0.5) is 5.69 Å². The number of anilines is 1. The Morgan fingerprint density at radius 1 is 1.04 bits per heavy atom. The quantitative estimate of drug-likeness (QED) is 0.763. The summed E-state index contributed by atoms with van der Waals surface area (Å²) in [6, 6.07) is 13.4. The molecule has 0 heterocycles. The van der Waals surface area contributed by atoms with Crippen LogP contribution < -0.4 is 9.62 Å². The standard InChI is InChI=1S/C21H25ClN2O3S/c1-24(28(26,27)20-13-9-17(22)10-14-20)19-11-7-16(8-12-19)15-21(25)23-18-5-3-2-4-6-18/h7-14,18H,2-6,15H2,1H3,(H,23,25). The van der Waals surface area contributed by atoms with Crippen LogP contribution in [0.5, 0.6) is 0 Å². The topological polar surface area (TPSA) is 66.5 Å². The van der Waals surface area contributed by atoms with E-state index in [2.05, 4.69) is 5.32 Å². The molecule has 0 unspecified atom stereocenters. The van der Waals surface area contributed by atoms with E-state index in [9.17, 15) is 13.2 Å². The zero-order valence-corrected chi connectivity index (χ0v) is 17.5. The van der Waals surface area contributed by atoms with E-state index in [1.165, 1.54) is 42.7 Å². The van der Waals surface area contributed by atoms with E-state index in [-0.39, 0.29) is 16.8 Å². The normalized spacial score (nSPS) is 15.2. The second kappa shape index (κ2) is 8.97. The van der Waals surface area contributed by atoms with Crippen LogP contribution >= 0.6 is 11.6 Å². The highest BCUT2D eigenvalue weighted by Gasteiger charge is 2.21. The second-order valence-electron chi connectivity index (χ2n) is 7.17. The minimum absolute atomic E-state index is 0.0155. The van der Waals surface area contributed by atoms with Crippen molar-refractivity contribution in [3.05, 3.63) is 59.1 Å². The molecule has 7 heteroatoms. The molecule has 3 rings (SSSR count). The minimum atomic E-state index is -3.67. The molecule has 2 aromatic rings. The second-order valence-corrected chi connectivity index (χ2v) is 9.58. The van der Waals surface area contributed by atoms with Crippen molar-refractivity contribution >= 4 is 33.2 Å². The summed E-state index contributed by atoms with van der Waals surface area (Å²) in [5, 5.41) is 3.58. The first-order chi connectivity index (χ1) is 13.4. The fraction of sp³-hybridized carbons (Fsp3) is 0.381. The van der Waals surface area contributed by atoms with Crippen molar-refractivity contribution in [3.63, 3.8) is 0 Å². The molecule has 0 atom stereocenters. The van der Waals surface area contributed by atoms with Gasteiger partial charge in [-0.1, -0.05) is 43.0 Å². The summed E-state index contributed by atoms with van der Waals surface area (Å²) >= 11 is 5.84. The number of amides is 1. The number of hydrogen-bond donors (Lipinski definition) is 1. The molecule has 5 nitrogen and oxygen atoms in total. The first-order valence-corrected chi connectivity index (χ1v) is 11.3. The van der Waals surface area contributed by atoms with E-state index in [4.69, 9.17) is 11.6 Å². The zero-order chi connectivity index (χ0) is 20.1. The van der Waals surface area contributed by atoms with Gasteiger partial charge in [-0.15, -0.1) is 0 Å². The van der Waals surface area contributed by atoms with Crippen LogP contribution in [0.2, 0.25) is 5.02 Å². The van der Waals surface area contributed by atoms with Crippen molar-refractivity contribution < 1.29 is 13.2 Å². The maximum Gasteiger partial charge on any atom is 0.264 e. The molecule has 0 saturated heterocycles. The van der Waals surface area contributed by atoms with E-state index in [1.807, 2.05) is 0 Å². The Morgan fingerprint density at radius 2 is 1.64 bits per heavy atom. The molecule has 0 aromatic heterocycles. The largest absolute Gasteiger partial charge is 0.353 e. The number of sulfonamides is 1. The molecule has 1 amide bonds. The molecule has 2 aromatic carbocycles. The SMILES string of the molecule is CN(c1ccc(CC(=O)NC2CCCCC2)cc1)S(=O)(=O)c1ccc(Cl)cc1. The van der Waals surface area contributed by atoms with Crippen LogP contribution in [0, 0.1) is 0 Å². The molecule has 0 spiro atoms. The van der Waals surface area contributed by atoms with Crippen molar-refractivity contribution in [1.82, 2.24) is 5.32 Å². The van der Waals surface area contributed by atoms with Crippen molar-refractivity contribution in [1.29, 1.82) is 0 Å². The fourth-order valence-corrected chi connectivity index (χ4v) is 4.76. The molecule has 1 aliphatic carbocycles. The third-order valence-electron chi connectivity index (χ3n) is 5.11. The van der Waals surface area contributed by atoms with E-state index in [0.29, 0.717) is 17.1 Å². The molecule has 0 bridgehead atoms. The number of benzene rings is 2. The number of carbonyl (C=O) groups is 1. The third kappa shape index (κ3) is 5.06. The molecule has 1 saturated carbocycles. The van der Waals surface area contributed by atoms with Gasteiger partial charge >= 0.3 is 0 Å². The van der Waals surface area contributed by atoms with Crippen LogP contribution in [0.15, 0.2) is 53.4 Å². The molecular weight excluding hydrogens is 396 g/mol. The molecule has 1 aliphatic rings. The highest BCUT2D eigenvalue weighted by Crippen LogP contribution is 2.24. The highest BCUT2D eigenvalue weighted by atomic mass is 35.5. The summed E-state index contributed by atoms with van der Waals surface area (Å²) < 4.78 is 26.7. The summed E-state index contributed by atoms with van der Waals surface area (Å²) in [5.74, 6) is 0.0155. The highest BCUT2D eigenvalue weighted by molar-refractivity contribution is 7.92. The number of nitrogens with one attached hydrogen (secondary N) is 1. The van der Waals surface area contributed by atoms with Gasteiger partial charge in [0.1, 0.15) is 0 Å². The summed E-state index contributed by atoms with van der Waals surface area (Å²) in [6.45, 7) is 0. The van der Waals surface area contributed by atoms with Crippen LogP contribution in [0.3, 0.4) is 0 Å². The van der Waals surface area contributed by atoms with Crippen LogP contribution in [0.1, 0.15) is 37.7 Å². The number of rotatable bonds is 6. The van der Waals surface area contributed by atoms with Gasteiger partial charge in [0, 0.05) is 18.1 Å². The average Bonchev–Trinajstić information content (AvgIpc) is 2.69. The molecule has 1 N–H and O–H groups in total. The fourth-order valence-electron chi connectivity index (χ4n) is 3.44. The monoisotopic (exact) mass is 420 g/mol. The van der Waals surface area contributed by atoms with Gasteiger partial charge in [-0.3, -0.25) is 9.10 Å². The summed E-state index contributed by atoms with van der Waals surface area (Å²) in [6.07, 6.45) is 6.00. The number of nitrogens with zero attached hydrogens (tertiary/aromatic N) is 1. The van der Waals surface area contributed by atoms with Gasteiger partial charge in [-0.05, 0) is 54.8 Å². The number of halogens is 1. The Hall–Kier alpha value is -2.05. The number of carbonyl (C=O) groups excluding carboxylic acids is 1. The van der Waals surface area contributed by atoms with Crippen LogP contribution in [-0.2, 0) is 21.2 Å². The lowest BCUT2D eigenvalue weighted by molar-refractivity contribution is -0.121. The Bertz CT molecular complexity index is 906. The van der Waals surface area contributed by atoms with E-state index in [1.54, 1.807) is 36.4 Å². The van der Waals surface area contributed by atoms with E-state index >= 15 is 0 Å². The predicted molar refractivity (Wildman–Crippen MR) is 112 cm³/mol. The van der Waals surface area contributed by atoms with Gasteiger partial charge in [0.05, 0.1) is 17.0 Å². The lowest BCUT2D eigenvalue weighted by Crippen LogP contribution is -2.37. The molecule has 0 radical (unpaired) electrons. The maximum absolute atomic E-state index is 12.7. The molecule has 150 valence electrons. The average molecular weight is 421 g/mol. The van der Waals surface area contributed by atoms with Crippen molar-refractivity contribution in [2.24, 2.45) is 0 Å². The van der Waals surface area contributed by atoms with E-state index in [0.717, 1.165) is 18.4 Å². The summed E-state index contributed by atoms with van der Waals surface area (Å²) in [5.41, 5.74) is 1.39. The summed E-state index contributed by atoms with van der Waals surface area (Å²) in [7, 11) is -2.16. The first kappa shape index (κ1) is 20.7. The Kier molecular flexibility index (Phi) is 6.62. The molecule has 1 fully saturated rings. The van der Waals surface area contributed by atoms with E-state index < -0.39 is 10.0 Å². The van der Waals surface area contributed by atoms with Gasteiger partial charge in [0.15, 0.2) is 0 Å². The van der Waals surface area contributed by atoms with Gasteiger partial charge in [0.25, 0.3) is 10.0 Å². The Morgan fingerprint density at radius 3 is 2.25 bits per heavy atom. The first-order valence-electron chi connectivity index (χ1n) is 9.49. The van der Waals surface area contributed by atoms with Gasteiger partial charge in [-0.2, -0.15) is 0 Å². The van der Waals surface area contributed by atoms with Gasteiger partial charge in [0.2, 0.25) is 5.91 Å². The summed E-state index contributed by atoms with van der Waals surface area (Å²) in [4.78, 5) is 12.4. The van der Waals surface area contributed by atoms with Crippen LogP contribution in [0.25, 0.3) is 0 Å². The predicted octanol–water partition coefficient (Wildman–Crippen LogP) is 4.16. The number of hydrogen-bond acceptors (Lipinski definition) is 3. The third-order valence-corrected chi connectivity index (χ3v) is 7.16. The van der Waals surface area contributed by atoms with Gasteiger partial charge < -0.3 is 5.32 Å². The molecular formula is C21H25ClN2O3S. The maximum atomic E-state index is 12.7. The van der Waals surface area contributed by atoms with Gasteiger partial charge in [-0.25, -0.2) is 8.42 Å². The molecule has 0 aliphatic heterocycles. The van der Waals surface area contributed by atoms with Crippen molar-refractivity contribution in [2.75, 3.05) is 11.4 Å². The lowest BCUT2D eigenvalue weighted by atomic mass is 9.95. The Labute approximate surface area is 171 Å². The smallest absolute Gasteiger partial charge is 0.264 e.